The number of carbonyl (C=O) groups is 1. The Bertz CT molecular complexity index is 642. The number of Topliss-reactive ketones (excluding diaryl/α,β-unsaturated/α-hetero) is 1. The van der Waals surface area contributed by atoms with Gasteiger partial charge in [-0.05, 0) is 80.0 Å². The summed E-state index contributed by atoms with van der Waals surface area (Å²) in [5.74, 6) is 3.68. The fourth-order valence-electron chi connectivity index (χ4n) is 7.74. The van der Waals surface area contributed by atoms with Gasteiger partial charge in [0, 0.05) is 32.1 Å². The molecule has 166 valence electrons. The van der Waals surface area contributed by atoms with Crippen LogP contribution in [0.3, 0.4) is 0 Å². The number of oxime groups is 1. The Balaban J connectivity index is 0.00000240. The van der Waals surface area contributed by atoms with Gasteiger partial charge in [-0.15, -0.1) is 12.4 Å². The Labute approximate surface area is 181 Å². The van der Waals surface area contributed by atoms with Crippen LogP contribution in [0.1, 0.15) is 65.2 Å². The van der Waals surface area contributed by atoms with Crippen molar-refractivity contribution in [2.24, 2.45) is 51.3 Å². The van der Waals surface area contributed by atoms with E-state index in [1.165, 1.54) is 25.0 Å². The molecule has 4 saturated carbocycles. The number of halogens is 1. The molecule has 7 atom stereocenters. The van der Waals surface area contributed by atoms with Crippen molar-refractivity contribution < 1.29 is 14.4 Å². The second-order valence-electron chi connectivity index (χ2n) is 10.3. The lowest BCUT2D eigenvalue weighted by Gasteiger charge is -2.61. The summed E-state index contributed by atoms with van der Waals surface area (Å²) in [5.41, 5.74) is 7.00. The molecule has 0 aromatic rings. The molecule has 4 aliphatic carbocycles. The van der Waals surface area contributed by atoms with Crippen LogP contribution in [-0.2, 0) is 14.4 Å². The number of nitrogens with zero attached hydrogens (tertiary/aromatic N) is 1. The lowest BCUT2D eigenvalue weighted by molar-refractivity contribution is -0.145. The molecule has 4 aliphatic rings. The third-order valence-corrected chi connectivity index (χ3v) is 9.18. The number of ketones is 1. The molecule has 29 heavy (non-hydrogen) atoms. The number of carbonyl (C=O) groups excluding carboxylic acids is 1. The summed E-state index contributed by atoms with van der Waals surface area (Å²) in [6.45, 7) is 6.62. The molecule has 5 nitrogen and oxygen atoms in total. The molecule has 0 amide bonds. The quantitative estimate of drug-likeness (QED) is 0.527. The van der Waals surface area contributed by atoms with Gasteiger partial charge in [-0.2, -0.15) is 0 Å². The number of nitrogens with two attached hydrogens (primary N) is 1. The van der Waals surface area contributed by atoms with Gasteiger partial charge in [-0.3, -0.25) is 4.79 Å². The SMILES string of the molecule is COC[C@H]1C[C@@H]2[C@H](CC[C@]3(C)C(=O)CC[C@@H]23)[C@@]2(C)CC/C(=N\OCCN)CC12.Cl. The lowest BCUT2D eigenvalue weighted by Crippen LogP contribution is -2.57. The maximum atomic E-state index is 12.7. The van der Waals surface area contributed by atoms with Gasteiger partial charge >= 0.3 is 0 Å². The molecule has 0 aromatic carbocycles. The van der Waals surface area contributed by atoms with Crippen molar-refractivity contribution >= 4 is 23.9 Å². The van der Waals surface area contributed by atoms with E-state index in [4.69, 9.17) is 15.3 Å². The third-order valence-electron chi connectivity index (χ3n) is 9.18. The zero-order valence-electron chi connectivity index (χ0n) is 18.3. The monoisotopic (exact) mass is 426 g/mol. The number of fused-ring (bicyclic) bond motifs is 5. The van der Waals surface area contributed by atoms with E-state index >= 15 is 0 Å². The van der Waals surface area contributed by atoms with Crippen molar-refractivity contribution in [3.63, 3.8) is 0 Å². The van der Waals surface area contributed by atoms with Gasteiger partial charge in [0.05, 0.1) is 5.71 Å². The normalized spacial score (nSPS) is 45.2. The molecule has 4 rings (SSSR count). The van der Waals surface area contributed by atoms with Crippen LogP contribution in [0.2, 0.25) is 0 Å². The Hall–Kier alpha value is -0.650. The van der Waals surface area contributed by atoms with Gasteiger partial charge in [0.15, 0.2) is 0 Å². The molecule has 2 N–H and O–H groups in total. The Morgan fingerprint density at radius 3 is 2.66 bits per heavy atom. The van der Waals surface area contributed by atoms with Crippen LogP contribution in [0.5, 0.6) is 0 Å². The number of hydrogen-bond donors (Lipinski definition) is 1. The highest BCUT2D eigenvalue weighted by molar-refractivity contribution is 5.87. The molecule has 0 aliphatic heterocycles. The first-order valence-electron chi connectivity index (χ1n) is 11.3. The molecular formula is C23H39ClN2O3. The third kappa shape index (κ3) is 3.76. The van der Waals surface area contributed by atoms with Crippen LogP contribution in [0.15, 0.2) is 5.16 Å². The number of methoxy groups -OCH3 is 1. The molecule has 0 bridgehead atoms. The number of rotatable bonds is 5. The molecule has 0 radical (unpaired) electrons. The van der Waals surface area contributed by atoms with E-state index < -0.39 is 0 Å². The van der Waals surface area contributed by atoms with Gasteiger partial charge in [0.1, 0.15) is 12.4 Å². The average molecular weight is 427 g/mol. The number of ether oxygens (including phenoxy) is 1. The van der Waals surface area contributed by atoms with Crippen molar-refractivity contribution in [1.29, 1.82) is 0 Å². The van der Waals surface area contributed by atoms with Crippen molar-refractivity contribution in [1.82, 2.24) is 0 Å². The van der Waals surface area contributed by atoms with Crippen LogP contribution in [-0.4, -0.2) is 38.4 Å². The van der Waals surface area contributed by atoms with Crippen molar-refractivity contribution in [2.75, 3.05) is 26.9 Å². The first-order valence-corrected chi connectivity index (χ1v) is 11.3. The first kappa shape index (κ1) is 23.0. The maximum Gasteiger partial charge on any atom is 0.139 e. The Morgan fingerprint density at radius 2 is 1.93 bits per heavy atom. The lowest BCUT2D eigenvalue weighted by atomic mass is 9.43. The van der Waals surface area contributed by atoms with Crippen LogP contribution in [0.4, 0.5) is 0 Å². The topological polar surface area (TPSA) is 73.9 Å². The summed E-state index contributed by atoms with van der Waals surface area (Å²) in [7, 11) is 1.83. The van der Waals surface area contributed by atoms with Crippen molar-refractivity contribution in [3.05, 3.63) is 0 Å². The van der Waals surface area contributed by atoms with Crippen LogP contribution >= 0.6 is 12.4 Å². The number of hydrogen-bond acceptors (Lipinski definition) is 5. The Kier molecular flexibility index (Phi) is 7.02. The summed E-state index contributed by atoms with van der Waals surface area (Å²) in [6, 6.07) is 0. The minimum Gasteiger partial charge on any atom is -0.395 e. The second-order valence-corrected chi connectivity index (χ2v) is 10.3. The van der Waals surface area contributed by atoms with Gasteiger partial charge in [-0.25, -0.2) is 0 Å². The van der Waals surface area contributed by atoms with E-state index in [-0.39, 0.29) is 17.8 Å². The van der Waals surface area contributed by atoms with Crippen molar-refractivity contribution in [3.8, 4) is 0 Å². The highest BCUT2D eigenvalue weighted by Crippen LogP contribution is 2.66. The van der Waals surface area contributed by atoms with E-state index in [0.717, 1.165) is 44.6 Å². The van der Waals surface area contributed by atoms with E-state index in [0.29, 0.717) is 48.0 Å². The van der Waals surface area contributed by atoms with E-state index in [2.05, 4.69) is 19.0 Å². The predicted octanol–water partition coefficient (Wildman–Crippen LogP) is 4.22. The standard InChI is InChI=1S/C23H38N2O3.ClH/c1-22-8-6-16(25-28-11-10-24)13-20(22)15(14-27-3)12-17-18-4-5-21(26)23(18,2)9-7-19(17)22;/h15,17-20H,4-14,24H2,1-3H3;1H/b25-16+;/t15-,17+,18+,19+,20?,22-,23+;/m1./s1. The summed E-state index contributed by atoms with van der Waals surface area (Å²) in [4.78, 5) is 18.1. The van der Waals surface area contributed by atoms with Gasteiger partial charge in [0.25, 0.3) is 0 Å². The highest BCUT2D eigenvalue weighted by atomic mass is 35.5. The summed E-state index contributed by atoms with van der Waals surface area (Å²) in [6.07, 6.45) is 8.66. The second kappa shape index (κ2) is 8.84. The predicted molar refractivity (Wildman–Crippen MR) is 117 cm³/mol. The molecule has 6 heteroatoms. The molecule has 0 heterocycles. The molecule has 0 aromatic heterocycles. The van der Waals surface area contributed by atoms with Gasteiger partial charge < -0.3 is 15.3 Å². The summed E-state index contributed by atoms with van der Waals surface area (Å²) < 4.78 is 5.69. The maximum absolute atomic E-state index is 12.7. The molecule has 1 unspecified atom stereocenters. The largest absolute Gasteiger partial charge is 0.395 e. The van der Waals surface area contributed by atoms with E-state index in [9.17, 15) is 4.79 Å². The van der Waals surface area contributed by atoms with Crippen LogP contribution in [0, 0.1) is 40.4 Å². The molecule has 0 spiro atoms. The zero-order chi connectivity index (χ0) is 19.9. The van der Waals surface area contributed by atoms with Crippen LogP contribution in [0.25, 0.3) is 0 Å². The summed E-state index contributed by atoms with van der Waals surface area (Å²) in [5, 5.41) is 4.42. The van der Waals surface area contributed by atoms with Gasteiger partial charge in [0.2, 0.25) is 0 Å². The van der Waals surface area contributed by atoms with Crippen LogP contribution < -0.4 is 5.73 Å². The fraction of sp³-hybridized carbons (Fsp3) is 0.913. The molecular weight excluding hydrogens is 388 g/mol. The first-order chi connectivity index (χ1) is 13.4. The van der Waals surface area contributed by atoms with Gasteiger partial charge in [-0.1, -0.05) is 19.0 Å². The smallest absolute Gasteiger partial charge is 0.139 e. The van der Waals surface area contributed by atoms with E-state index in [1.807, 2.05) is 7.11 Å². The van der Waals surface area contributed by atoms with Crippen molar-refractivity contribution in [2.45, 2.75) is 65.2 Å². The zero-order valence-corrected chi connectivity index (χ0v) is 19.1. The van der Waals surface area contributed by atoms with E-state index in [1.54, 1.807) is 0 Å². The molecule has 0 saturated heterocycles. The fourth-order valence-corrected chi connectivity index (χ4v) is 7.74. The minimum atomic E-state index is -0.0562. The Morgan fingerprint density at radius 1 is 1.14 bits per heavy atom. The highest BCUT2D eigenvalue weighted by Gasteiger charge is 2.61. The minimum absolute atomic E-state index is 0. The summed E-state index contributed by atoms with van der Waals surface area (Å²) >= 11 is 0. The molecule has 4 fully saturated rings. The average Bonchev–Trinajstić information content (AvgIpc) is 2.98.